The molecule has 0 aliphatic carbocycles. The summed E-state index contributed by atoms with van der Waals surface area (Å²) in [7, 11) is 1.56. The number of methoxy groups -OCH3 is 1. The quantitative estimate of drug-likeness (QED) is 0.135. The van der Waals surface area contributed by atoms with Crippen LogP contribution in [-0.4, -0.2) is 44.3 Å². The number of hydrogen-bond donors (Lipinski definition) is 3. The predicted molar refractivity (Wildman–Crippen MR) is 148 cm³/mol. The zero-order valence-electron chi connectivity index (χ0n) is 20.4. The van der Waals surface area contributed by atoms with Crippen molar-refractivity contribution in [3.63, 3.8) is 0 Å². The topological polar surface area (TPSA) is 127 Å². The minimum atomic E-state index is -0.968. The molecule has 3 aromatic rings. The van der Waals surface area contributed by atoms with Gasteiger partial charge in [-0.1, -0.05) is 28.6 Å². The van der Waals surface area contributed by atoms with Crippen LogP contribution in [0.1, 0.15) is 5.56 Å². The van der Waals surface area contributed by atoms with Crippen LogP contribution >= 0.6 is 15.9 Å². The van der Waals surface area contributed by atoms with Gasteiger partial charge in [0.25, 0.3) is 5.91 Å². The smallest absolute Gasteiger partial charge is 0.329 e. The SMILES string of the molecule is C=CCOc1ccc(NC(=O)C(=O)N/N=C\c2cc(Br)ccc2OCC(=O)Nc2ccc(OC)cc2)cc1. The molecule has 10 nitrogen and oxygen atoms in total. The Morgan fingerprint density at radius 1 is 0.895 bits per heavy atom. The Labute approximate surface area is 227 Å². The van der Waals surface area contributed by atoms with Crippen molar-refractivity contribution < 1.29 is 28.6 Å². The molecule has 0 bridgehead atoms. The number of ether oxygens (including phenoxy) is 3. The summed E-state index contributed by atoms with van der Waals surface area (Å²) in [5.74, 6) is -0.619. The number of carbonyl (C=O) groups is 3. The number of anilines is 2. The Kier molecular flexibility index (Phi) is 10.4. The third-order valence-electron chi connectivity index (χ3n) is 4.76. The lowest BCUT2D eigenvalue weighted by molar-refractivity contribution is -0.136. The molecule has 196 valence electrons. The van der Waals surface area contributed by atoms with Gasteiger partial charge in [-0.3, -0.25) is 14.4 Å². The van der Waals surface area contributed by atoms with Crippen molar-refractivity contribution in [1.29, 1.82) is 0 Å². The molecule has 11 heteroatoms. The van der Waals surface area contributed by atoms with Crippen LogP contribution in [0.3, 0.4) is 0 Å². The van der Waals surface area contributed by atoms with E-state index in [0.29, 0.717) is 40.8 Å². The molecule has 3 aromatic carbocycles. The van der Waals surface area contributed by atoms with Crippen molar-refractivity contribution in [2.24, 2.45) is 5.10 Å². The Morgan fingerprint density at radius 3 is 2.21 bits per heavy atom. The summed E-state index contributed by atoms with van der Waals surface area (Å²) >= 11 is 3.36. The molecule has 0 saturated carbocycles. The van der Waals surface area contributed by atoms with Crippen molar-refractivity contribution in [2.45, 2.75) is 0 Å². The third kappa shape index (κ3) is 8.79. The van der Waals surface area contributed by atoms with Gasteiger partial charge in [-0.25, -0.2) is 5.43 Å². The van der Waals surface area contributed by atoms with Gasteiger partial charge in [0, 0.05) is 21.4 Å². The normalized spacial score (nSPS) is 10.4. The van der Waals surface area contributed by atoms with Crippen LogP contribution in [-0.2, 0) is 14.4 Å². The molecule has 3 N–H and O–H groups in total. The molecule has 0 aliphatic rings. The summed E-state index contributed by atoms with van der Waals surface area (Å²) in [4.78, 5) is 36.6. The van der Waals surface area contributed by atoms with Crippen LogP contribution in [0.5, 0.6) is 17.2 Å². The first-order valence-corrected chi connectivity index (χ1v) is 12.0. The van der Waals surface area contributed by atoms with Crippen molar-refractivity contribution in [3.8, 4) is 17.2 Å². The highest BCUT2D eigenvalue weighted by Gasteiger charge is 2.13. The van der Waals surface area contributed by atoms with Gasteiger partial charge >= 0.3 is 11.8 Å². The van der Waals surface area contributed by atoms with E-state index in [9.17, 15) is 14.4 Å². The Hall–Kier alpha value is -4.64. The van der Waals surface area contributed by atoms with Crippen LogP contribution in [0.25, 0.3) is 0 Å². The molecular weight excluding hydrogens is 556 g/mol. The van der Waals surface area contributed by atoms with Crippen molar-refractivity contribution in [3.05, 3.63) is 89.4 Å². The van der Waals surface area contributed by atoms with Gasteiger partial charge < -0.3 is 24.8 Å². The summed E-state index contributed by atoms with van der Waals surface area (Å²) in [6, 6.07) is 18.4. The largest absolute Gasteiger partial charge is 0.497 e. The average molecular weight is 581 g/mol. The number of hydrogen-bond acceptors (Lipinski definition) is 7. The first kappa shape index (κ1) is 27.9. The maximum absolute atomic E-state index is 12.3. The highest BCUT2D eigenvalue weighted by molar-refractivity contribution is 9.10. The lowest BCUT2D eigenvalue weighted by Crippen LogP contribution is -2.32. The lowest BCUT2D eigenvalue weighted by atomic mass is 10.2. The van der Waals surface area contributed by atoms with Crippen LogP contribution in [0.4, 0.5) is 11.4 Å². The van der Waals surface area contributed by atoms with Crippen LogP contribution < -0.4 is 30.3 Å². The van der Waals surface area contributed by atoms with Gasteiger partial charge in [-0.2, -0.15) is 5.10 Å². The first-order valence-electron chi connectivity index (χ1n) is 11.2. The summed E-state index contributed by atoms with van der Waals surface area (Å²) < 4.78 is 16.8. The number of benzene rings is 3. The van der Waals surface area contributed by atoms with Gasteiger partial charge in [-0.15, -0.1) is 0 Å². The second-order valence-electron chi connectivity index (χ2n) is 7.52. The molecule has 0 spiro atoms. The Balaban J connectivity index is 1.53. The summed E-state index contributed by atoms with van der Waals surface area (Å²) in [5, 5.41) is 9.03. The van der Waals surface area contributed by atoms with Crippen LogP contribution in [0.2, 0.25) is 0 Å². The molecule has 38 heavy (non-hydrogen) atoms. The molecule has 3 amide bonds. The number of nitrogens with zero attached hydrogens (tertiary/aromatic N) is 1. The first-order chi connectivity index (χ1) is 18.4. The van der Waals surface area contributed by atoms with Crippen LogP contribution in [0, 0.1) is 0 Å². The molecule has 0 fully saturated rings. The highest BCUT2D eigenvalue weighted by Crippen LogP contribution is 2.22. The van der Waals surface area contributed by atoms with E-state index < -0.39 is 11.8 Å². The fraction of sp³-hybridized carbons (Fsp3) is 0.111. The van der Waals surface area contributed by atoms with Gasteiger partial charge in [0.05, 0.1) is 13.3 Å². The zero-order valence-corrected chi connectivity index (χ0v) is 22.0. The second kappa shape index (κ2) is 14.2. The summed E-state index contributed by atoms with van der Waals surface area (Å²) in [6.45, 7) is 3.66. The zero-order chi connectivity index (χ0) is 27.3. The van der Waals surface area contributed by atoms with E-state index in [1.165, 1.54) is 6.21 Å². The van der Waals surface area contributed by atoms with Crippen molar-refractivity contribution in [1.82, 2.24) is 5.43 Å². The van der Waals surface area contributed by atoms with Crippen LogP contribution in [0.15, 0.2) is 89.0 Å². The van der Waals surface area contributed by atoms with Gasteiger partial charge in [0.2, 0.25) is 0 Å². The number of halogens is 1. The second-order valence-corrected chi connectivity index (χ2v) is 8.44. The van der Waals surface area contributed by atoms with E-state index in [2.05, 4.69) is 43.7 Å². The van der Waals surface area contributed by atoms with E-state index in [-0.39, 0.29) is 12.5 Å². The lowest BCUT2D eigenvalue weighted by Gasteiger charge is -2.10. The monoisotopic (exact) mass is 580 g/mol. The summed E-state index contributed by atoms with van der Waals surface area (Å²) in [6.07, 6.45) is 2.92. The Bertz CT molecular complexity index is 1310. The number of nitrogens with one attached hydrogen (secondary N) is 3. The number of carbonyl (C=O) groups excluding carboxylic acids is 3. The fourth-order valence-corrected chi connectivity index (χ4v) is 3.33. The molecular formula is C27H25BrN4O6. The van der Waals surface area contributed by atoms with Crippen molar-refractivity contribution >= 4 is 51.2 Å². The molecule has 0 aliphatic heterocycles. The highest BCUT2D eigenvalue weighted by atomic mass is 79.9. The summed E-state index contributed by atoms with van der Waals surface area (Å²) in [5.41, 5.74) is 3.64. The van der Waals surface area contributed by atoms with E-state index in [4.69, 9.17) is 14.2 Å². The molecule has 0 radical (unpaired) electrons. The van der Waals surface area contributed by atoms with E-state index in [1.54, 1.807) is 79.9 Å². The molecule has 3 rings (SSSR count). The van der Waals surface area contributed by atoms with E-state index in [1.807, 2.05) is 0 Å². The van der Waals surface area contributed by atoms with E-state index >= 15 is 0 Å². The maximum atomic E-state index is 12.3. The third-order valence-corrected chi connectivity index (χ3v) is 5.25. The van der Waals surface area contributed by atoms with Gasteiger partial charge in [0.15, 0.2) is 6.61 Å². The maximum Gasteiger partial charge on any atom is 0.329 e. The fourth-order valence-electron chi connectivity index (χ4n) is 2.96. The number of amides is 3. The Morgan fingerprint density at radius 2 is 1.55 bits per heavy atom. The van der Waals surface area contributed by atoms with Gasteiger partial charge in [0.1, 0.15) is 23.9 Å². The molecule has 0 atom stereocenters. The standard InChI is InChI=1S/C27H25BrN4O6/c1-3-14-37-23-11-7-21(8-12-23)31-26(34)27(35)32-29-16-18-15-19(28)4-13-24(18)38-17-25(33)30-20-5-9-22(36-2)10-6-20/h3-13,15-16H,1,14,17H2,2H3,(H,30,33)(H,31,34)(H,32,35)/b29-16-. The van der Waals surface area contributed by atoms with E-state index in [0.717, 1.165) is 4.47 Å². The molecule has 0 saturated heterocycles. The average Bonchev–Trinajstić information content (AvgIpc) is 2.92. The number of rotatable bonds is 11. The van der Waals surface area contributed by atoms with Gasteiger partial charge in [-0.05, 0) is 66.7 Å². The minimum Gasteiger partial charge on any atom is -0.497 e. The van der Waals surface area contributed by atoms with Crippen molar-refractivity contribution in [2.75, 3.05) is 31.0 Å². The molecule has 0 heterocycles. The minimum absolute atomic E-state index is 0.263. The number of hydrazone groups is 1. The predicted octanol–water partition coefficient (Wildman–Crippen LogP) is 4.13. The molecule has 0 aromatic heterocycles. The molecule has 0 unspecified atom stereocenters.